The summed E-state index contributed by atoms with van der Waals surface area (Å²) in [6.07, 6.45) is 8.37. The fraction of sp³-hybridized carbons (Fsp3) is 0.625. The van der Waals surface area contributed by atoms with Gasteiger partial charge in [0.2, 0.25) is 5.91 Å². The molecule has 0 bridgehead atoms. The highest BCUT2D eigenvalue weighted by Crippen LogP contribution is 2.27. The van der Waals surface area contributed by atoms with E-state index in [1.54, 1.807) is 12.2 Å². The van der Waals surface area contributed by atoms with Crippen molar-refractivity contribution in [3.63, 3.8) is 0 Å². The number of aliphatic hydroxyl groups excluding tert-OH is 1. The average molecular weight is 291 g/mol. The van der Waals surface area contributed by atoms with Crippen molar-refractivity contribution in [2.24, 2.45) is 7.05 Å². The molecule has 5 nitrogen and oxygen atoms in total. The second kappa shape index (κ2) is 6.43. The van der Waals surface area contributed by atoms with Gasteiger partial charge in [0.25, 0.3) is 0 Å². The molecule has 1 aromatic rings. The van der Waals surface area contributed by atoms with Crippen LogP contribution in [0.4, 0.5) is 0 Å². The molecule has 1 aliphatic rings. The van der Waals surface area contributed by atoms with Crippen LogP contribution in [0.3, 0.4) is 0 Å². The van der Waals surface area contributed by atoms with Crippen molar-refractivity contribution in [1.29, 1.82) is 0 Å². The lowest BCUT2D eigenvalue weighted by molar-refractivity contribution is -0.119. The highest BCUT2D eigenvalue weighted by molar-refractivity contribution is 5.92. The van der Waals surface area contributed by atoms with Gasteiger partial charge in [-0.15, -0.1) is 0 Å². The number of aliphatic hydroxyl groups is 1. The second-order valence-electron chi connectivity index (χ2n) is 6.03. The molecule has 0 aromatic carbocycles. The predicted molar refractivity (Wildman–Crippen MR) is 82.8 cm³/mol. The second-order valence-corrected chi connectivity index (χ2v) is 6.03. The van der Waals surface area contributed by atoms with Gasteiger partial charge in [0.05, 0.1) is 17.8 Å². The normalized spacial score (nSPS) is 18.1. The van der Waals surface area contributed by atoms with Crippen LogP contribution in [0.1, 0.15) is 49.1 Å². The Bertz CT molecular complexity index is 540. The van der Waals surface area contributed by atoms with Gasteiger partial charge in [0, 0.05) is 24.4 Å². The van der Waals surface area contributed by atoms with E-state index in [-0.39, 0.29) is 12.5 Å². The maximum Gasteiger partial charge on any atom is 0.244 e. The fourth-order valence-corrected chi connectivity index (χ4v) is 3.04. The van der Waals surface area contributed by atoms with E-state index >= 15 is 0 Å². The average Bonchev–Trinajstić information content (AvgIpc) is 2.71. The first-order valence-corrected chi connectivity index (χ1v) is 7.59. The zero-order valence-electron chi connectivity index (χ0n) is 13.1. The molecule has 1 fully saturated rings. The Labute approximate surface area is 126 Å². The minimum absolute atomic E-state index is 0.0114. The Hall–Kier alpha value is -1.62. The van der Waals surface area contributed by atoms with E-state index in [9.17, 15) is 9.90 Å². The van der Waals surface area contributed by atoms with Gasteiger partial charge in [0.15, 0.2) is 0 Å². The number of rotatable bonds is 4. The molecule has 0 atom stereocenters. The molecule has 2 rings (SSSR count). The zero-order chi connectivity index (χ0) is 15.5. The summed E-state index contributed by atoms with van der Waals surface area (Å²) in [6, 6.07) is 0. The third-order valence-electron chi connectivity index (χ3n) is 4.47. The summed E-state index contributed by atoms with van der Waals surface area (Å²) in [5.74, 6) is -0.145. The third kappa shape index (κ3) is 3.53. The summed E-state index contributed by atoms with van der Waals surface area (Å²) in [6.45, 7) is 3.92. The maximum absolute atomic E-state index is 12.1. The molecule has 0 unspecified atom stereocenters. The Morgan fingerprint density at radius 1 is 1.38 bits per heavy atom. The molecule has 1 heterocycles. The Kier molecular flexibility index (Phi) is 4.83. The molecule has 0 radical (unpaired) electrons. The van der Waals surface area contributed by atoms with Crippen LogP contribution < -0.4 is 5.32 Å². The van der Waals surface area contributed by atoms with Crippen LogP contribution in [-0.4, -0.2) is 32.9 Å². The summed E-state index contributed by atoms with van der Waals surface area (Å²) in [7, 11) is 1.89. The quantitative estimate of drug-likeness (QED) is 0.832. The molecule has 0 saturated heterocycles. The fourth-order valence-electron chi connectivity index (χ4n) is 3.04. The van der Waals surface area contributed by atoms with Gasteiger partial charge in [0.1, 0.15) is 0 Å². The van der Waals surface area contributed by atoms with Crippen molar-refractivity contribution in [1.82, 2.24) is 15.1 Å². The lowest BCUT2D eigenvalue weighted by Gasteiger charge is -2.36. The van der Waals surface area contributed by atoms with Gasteiger partial charge in [-0.3, -0.25) is 9.48 Å². The minimum atomic E-state index is -0.432. The largest absolute Gasteiger partial charge is 0.394 e. The maximum atomic E-state index is 12.1. The first kappa shape index (κ1) is 15.8. The Balaban J connectivity index is 2.05. The topological polar surface area (TPSA) is 67.2 Å². The number of carbonyl (C=O) groups is 1. The van der Waals surface area contributed by atoms with Gasteiger partial charge < -0.3 is 10.4 Å². The van der Waals surface area contributed by atoms with E-state index in [4.69, 9.17) is 0 Å². The Morgan fingerprint density at radius 2 is 2.05 bits per heavy atom. The van der Waals surface area contributed by atoms with Gasteiger partial charge in [-0.1, -0.05) is 19.3 Å². The summed E-state index contributed by atoms with van der Waals surface area (Å²) >= 11 is 0. The molecule has 0 aliphatic heterocycles. The summed E-state index contributed by atoms with van der Waals surface area (Å²) in [5.41, 5.74) is 2.49. The summed E-state index contributed by atoms with van der Waals surface area (Å²) < 4.78 is 1.81. The first-order chi connectivity index (χ1) is 9.97. The van der Waals surface area contributed by atoms with Crippen molar-refractivity contribution >= 4 is 12.0 Å². The van der Waals surface area contributed by atoms with E-state index < -0.39 is 5.54 Å². The van der Waals surface area contributed by atoms with Crippen molar-refractivity contribution < 1.29 is 9.90 Å². The van der Waals surface area contributed by atoms with Gasteiger partial charge in [-0.05, 0) is 32.8 Å². The minimum Gasteiger partial charge on any atom is -0.394 e. The number of aryl methyl sites for hydroxylation is 2. The van der Waals surface area contributed by atoms with Crippen LogP contribution >= 0.6 is 0 Å². The van der Waals surface area contributed by atoms with Crippen LogP contribution in [0, 0.1) is 13.8 Å². The van der Waals surface area contributed by atoms with E-state index in [2.05, 4.69) is 10.4 Å². The lowest BCUT2D eigenvalue weighted by Crippen LogP contribution is -2.52. The van der Waals surface area contributed by atoms with Gasteiger partial charge in [-0.25, -0.2) is 0 Å². The molecule has 21 heavy (non-hydrogen) atoms. The highest BCUT2D eigenvalue weighted by atomic mass is 16.3. The van der Waals surface area contributed by atoms with E-state index in [1.165, 1.54) is 6.42 Å². The molecule has 2 N–H and O–H groups in total. The van der Waals surface area contributed by atoms with Crippen molar-refractivity contribution in [3.05, 3.63) is 23.0 Å². The van der Waals surface area contributed by atoms with Crippen molar-refractivity contribution in [2.45, 2.75) is 51.5 Å². The van der Waals surface area contributed by atoms with Crippen LogP contribution in [0.15, 0.2) is 6.08 Å². The number of hydrogen-bond donors (Lipinski definition) is 2. The molecule has 0 spiro atoms. The zero-order valence-corrected chi connectivity index (χ0v) is 13.1. The monoisotopic (exact) mass is 291 g/mol. The number of nitrogens with one attached hydrogen (secondary N) is 1. The van der Waals surface area contributed by atoms with E-state index in [0.29, 0.717) is 0 Å². The predicted octanol–water partition coefficient (Wildman–Crippen LogP) is 1.86. The molecular formula is C16H25N3O2. The van der Waals surface area contributed by atoms with E-state index in [1.807, 2.05) is 25.6 Å². The van der Waals surface area contributed by atoms with Crippen LogP contribution in [-0.2, 0) is 11.8 Å². The van der Waals surface area contributed by atoms with Crippen LogP contribution in [0.25, 0.3) is 6.08 Å². The number of hydrogen-bond acceptors (Lipinski definition) is 3. The number of amides is 1. The first-order valence-electron chi connectivity index (χ1n) is 7.59. The smallest absolute Gasteiger partial charge is 0.244 e. The summed E-state index contributed by atoms with van der Waals surface area (Å²) in [4.78, 5) is 12.1. The summed E-state index contributed by atoms with van der Waals surface area (Å²) in [5, 5.41) is 16.9. The molecule has 1 aromatic heterocycles. The third-order valence-corrected chi connectivity index (χ3v) is 4.47. The van der Waals surface area contributed by atoms with Crippen LogP contribution in [0.5, 0.6) is 0 Å². The highest BCUT2D eigenvalue weighted by Gasteiger charge is 2.32. The lowest BCUT2D eigenvalue weighted by atomic mass is 9.82. The standard InChI is InChI=1S/C16H25N3O2/c1-12-14(13(2)19(3)18-12)7-8-15(21)17-16(11-20)9-5-4-6-10-16/h7-8,20H,4-6,9-11H2,1-3H3,(H,17,21). The molecular weight excluding hydrogens is 266 g/mol. The molecule has 5 heteroatoms. The number of aromatic nitrogens is 2. The van der Waals surface area contributed by atoms with Crippen molar-refractivity contribution in [2.75, 3.05) is 6.61 Å². The molecule has 1 aliphatic carbocycles. The number of carbonyl (C=O) groups excluding carboxylic acids is 1. The van der Waals surface area contributed by atoms with Gasteiger partial charge >= 0.3 is 0 Å². The SMILES string of the molecule is Cc1nn(C)c(C)c1C=CC(=O)NC1(CO)CCCCC1. The molecule has 1 saturated carbocycles. The van der Waals surface area contributed by atoms with Gasteiger partial charge in [-0.2, -0.15) is 5.10 Å². The molecule has 116 valence electrons. The van der Waals surface area contributed by atoms with Crippen molar-refractivity contribution in [3.8, 4) is 0 Å². The van der Waals surface area contributed by atoms with E-state index in [0.717, 1.165) is 42.6 Å². The Morgan fingerprint density at radius 3 is 2.57 bits per heavy atom. The number of nitrogens with zero attached hydrogens (tertiary/aromatic N) is 2. The van der Waals surface area contributed by atoms with Crippen LogP contribution in [0.2, 0.25) is 0 Å². The molecule has 1 amide bonds.